The molecular weight excluding hydrogens is 306 g/mol. The van der Waals surface area contributed by atoms with Gasteiger partial charge in [-0.05, 0) is 6.07 Å². The number of para-hydroxylation sites is 1. The summed E-state index contributed by atoms with van der Waals surface area (Å²) >= 11 is 0. The number of rotatable bonds is 2. The van der Waals surface area contributed by atoms with Gasteiger partial charge in [0.05, 0.1) is 18.3 Å². The van der Waals surface area contributed by atoms with Crippen LogP contribution >= 0.6 is 12.4 Å². The predicted octanol–water partition coefficient (Wildman–Crippen LogP) is 0.750. The number of ether oxygens (including phenoxy) is 1. The standard InChI is InChI=1S/C15H17N3O3.ClH/c16-8-10-9-18(5-6-21-10)15(20)12-7-14(19)17-13-4-2-1-3-11(12)13;/h1-4,7,10H,5-6,8-9,16H2,(H,17,19);1H. The molecule has 1 aliphatic heterocycles. The number of nitrogens with one attached hydrogen (secondary N) is 1. The van der Waals surface area contributed by atoms with Crippen molar-refractivity contribution in [2.45, 2.75) is 6.10 Å². The van der Waals surface area contributed by atoms with Gasteiger partial charge in [-0.1, -0.05) is 18.2 Å². The first-order chi connectivity index (χ1) is 10.2. The van der Waals surface area contributed by atoms with Crippen LogP contribution in [0.5, 0.6) is 0 Å². The highest BCUT2D eigenvalue weighted by Gasteiger charge is 2.25. The van der Waals surface area contributed by atoms with Crippen molar-refractivity contribution in [1.82, 2.24) is 9.88 Å². The molecular formula is C15H18ClN3O3. The normalized spacial score (nSPS) is 18.0. The number of aromatic nitrogens is 1. The zero-order chi connectivity index (χ0) is 14.8. The second-order valence-corrected chi connectivity index (χ2v) is 5.07. The molecule has 1 aromatic carbocycles. The van der Waals surface area contributed by atoms with Gasteiger partial charge in [0.2, 0.25) is 5.56 Å². The van der Waals surface area contributed by atoms with Crippen LogP contribution in [0.3, 0.4) is 0 Å². The first-order valence-corrected chi connectivity index (χ1v) is 6.92. The van der Waals surface area contributed by atoms with Gasteiger partial charge < -0.3 is 20.4 Å². The number of hydrogen-bond acceptors (Lipinski definition) is 4. The van der Waals surface area contributed by atoms with E-state index in [2.05, 4.69) is 4.98 Å². The van der Waals surface area contributed by atoms with Gasteiger partial charge in [0, 0.05) is 36.6 Å². The summed E-state index contributed by atoms with van der Waals surface area (Å²) in [4.78, 5) is 28.9. The van der Waals surface area contributed by atoms with E-state index in [1.807, 2.05) is 18.2 Å². The van der Waals surface area contributed by atoms with E-state index in [0.29, 0.717) is 37.3 Å². The van der Waals surface area contributed by atoms with Gasteiger partial charge in [0.1, 0.15) is 0 Å². The van der Waals surface area contributed by atoms with Crippen molar-refractivity contribution in [2.75, 3.05) is 26.2 Å². The summed E-state index contributed by atoms with van der Waals surface area (Å²) in [5, 5.41) is 0.748. The molecule has 0 saturated carbocycles. The summed E-state index contributed by atoms with van der Waals surface area (Å²) in [7, 11) is 0. The smallest absolute Gasteiger partial charge is 0.254 e. The van der Waals surface area contributed by atoms with Crippen LogP contribution in [0.4, 0.5) is 0 Å². The van der Waals surface area contributed by atoms with Crippen LogP contribution in [0.25, 0.3) is 10.9 Å². The minimum absolute atomic E-state index is 0. The van der Waals surface area contributed by atoms with Gasteiger partial charge in [-0.25, -0.2) is 0 Å². The van der Waals surface area contributed by atoms with E-state index in [1.54, 1.807) is 11.0 Å². The number of amides is 1. The second kappa shape index (κ2) is 6.91. The largest absolute Gasteiger partial charge is 0.373 e. The van der Waals surface area contributed by atoms with E-state index >= 15 is 0 Å². The molecule has 1 atom stereocenters. The number of benzene rings is 1. The van der Waals surface area contributed by atoms with E-state index in [1.165, 1.54) is 6.07 Å². The highest BCUT2D eigenvalue weighted by atomic mass is 35.5. The fraction of sp³-hybridized carbons (Fsp3) is 0.333. The number of carbonyl (C=O) groups is 1. The SMILES string of the molecule is Cl.NCC1CN(C(=O)c2cc(=O)[nH]c3ccccc23)CCO1. The van der Waals surface area contributed by atoms with Crippen molar-refractivity contribution in [1.29, 1.82) is 0 Å². The summed E-state index contributed by atoms with van der Waals surface area (Å²) in [6, 6.07) is 8.65. The fourth-order valence-corrected chi connectivity index (χ4v) is 2.60. The quantitative estimate of drug-likeness (QED) is 0.853. The maximum atomic E-state index is 12.7. The van der Waals surface area contributed by atoms with Gasteiger partial charge in [-0.3, -0.25) is 9.59 Å². The molecule has 1 saturated heterocycles. The van der Waals surface area contributed by atoms with Crippen molar-refractivity contribution in [2.24, 2.45) is 5.73 Å². The molecule has 7 heteroatoms. The third-order valence-corrected chi connectivity index (χ3v) is 3.67. The van der Waals surface area contributed by atoms with Crippen molar-refractivity contribution in [3.05, 3.63) is 46.2 Å². The maximum Gasteiger partial charge on any atom is 0.254 e. The number of aromatic amines is 1. The Morgan fingerprint density at radius 3 is 2.95 bits per heavy atom. The molecule has 1 aliphatic rings. The monoisotopic (exact) mass is 323 g/mol. The lowest BCUT2D eigenvalue weighted by atomic mass is 10.1. The Balaban J connectivity index is 0.00000176. The van der Waals surface area contributed by atoms with Gasteiger partial charge in [0.25, 0.3) is 5.91 Å². The molecule has 0 bridgehead atoms. The Morgan fingerprint density at radius 1 is 1.41 bits per heavy atom. The molecule has 3 N–H and O–H groups in total. The molecule has 2 heterocycles. The highest BCUT2D eigenvalue weighted by molar-refractivity contribution is 6.05. The Labute approximate surface area is 133 Å². The number of H-pyrrole nitrogens is 1. The van der Waals surface area contributed by atoms with Crippen LogP contribution in [0.2, 0.25) is 0 Å². The van der Waals surface area contributed by atoms with Crippen LogP contribution in [0.15, 0.2) is 35.1 Å². The molecule has 0 aliphatic carbocycles. The number of halogens is 1. The first kappa shape index (κ1) is 16.5. The van der Waals surface area contributed by atoms with Gasteiger partial charge in [-0.15, -0.1) is 12.4 Å². The van der Waals surface area contributed by atoms with E-state index in [0.717, 1.165) is 5.39 Å². The zero-order valence-electron chi connectivity index (χ0n) is 12.0. The van der Waals surface area contributed by atoms with Crippen molar-refractivity contribution in [3.8, 4) is 0 Å². The number of hydrogen-bond donors (Lipinski definition) is 2. The van der Waals surface area contributed by atoms with E-state index in [-0.39, 0.29) is 30.0 Å². The predicted molar refractivity (Wildman–Crippen MR) is 86.5 cm³/mol. The molecule has 1 aromatic heterocycles. The molecule has 3 rings (SSSR count). The number of morpholine rings is 1. The summed E-state index contributed by atoms with van der Waals surface area (Å²) in [6.45, 7) is 1.81. The number of fused-ring (bicyclic) bond motifs is 1. The van der Waals surface area contributed by atoms with Gasteiger partial charge >= 0.3 is 0 Å². The average Bonchev–Trinajstić information content (AvgIpc) is 2.53. The third kappa shape index (κ3) is 3.14. The highest BCUT2D eigenvalue weighted by Crippen LogP contribution is 2.17. The molecule has 1 amide bonds. The van der Waals surface area contributed by atoms with Crippen LogP contribution in [-0.4, -0.2) is 48.1 Å². The Kier molecular flexibility index (Phi) is 5.18. The third-order valence-electron chi connectivity index (χ3n) is 3.67. The molecule has 1 fully saturated rings. The minimum atomic E-state index is -0.277. The average molecular weight is 324 g/mol. The first-order valence-electron chi connectivity index (χ1n) is 6.92. The second-order valence-electron chi connectivity index (χ2n) is 5.07. The Hall–Kier alpha value is -1.89. The van der Waals surface area contributed by atoms with E-state index in [4.69, 9.17) is 10.5 Å². The molecule has 2 aromatic rings. The number of nitrogens with two attached hydrogens (primary N) is 1. The van der Waals surface area contributed by atoms with Crippen LogP contribution in [-0.2, 0) is 4.74 Å². The summed E-state index contributed by atoms with van der Waals surface area (Å²) in [5.41, 5.74) is 6.41. The molecule has 0 spiro atoms. The minimum Gasteiger partial charge on any atom is -0.373 e. The molecule has 0 radical (unpaired) electrons. The van der Waals surface area contributed by atoms with Crippen LogP contribution in [0, 0.1) is 0 Å². The van der Waals surface area contributed by atoms with Gasteiger partial charge in [-0.2, -0.15) is 0 Å². The van der Waals surface area contributed by atoms with E-state index < -0.39 is 0 Å². The van der Waals surface area contributed by atoms with Crippen molar-refractivity contribution < 1.29 is 9.53 Å². The Bertz CT molecular complexity index is 731. The van der Waals surface area contributed by atoms with Crippen molar-refractivity contribution >= 4 is 29.2 Å². The lowest BCUT2D eigenvalue weighted by Crippen LogP contribution is -2.48. The fourth-order valence-electron chi connectivity index (χ4n) is 2.60. The maximum absolute atomic E-state index is 12.7. The van der Waals surface area contributed by atoms with Crippen LogP contribution in [0.1, 0.15) is 10.4 Å². The van der Waals surface area contributed by atoms with Gasteiger partial charge in [0.15, 0.2) is 0 Å². The molecule has 6 nitrogen and oxygen atoms in total. The zero-order valence-corrected chi connectivity index (χ0v) is 12.8. The summed E-state index contributed by atoms with van der Waals surface area (Å²) < 4.78 is 5.47. The lowest BCUT2D eigenvalue weighted by Gasteiger charge is -2.32. The lowest BCUT2D eigenvalue weighted by molar-refractivity contribution is -0.0166. The van der Waals surface area contributed by atoms with E-state index in [9.17, 15) is 9.59 Å². The number of carbonyl (C=O) groups excluding carboxylic acids is 1. The molecule has 22 heavy (non-hydrogen) atoms. The Morgan fingerprint density at radius 2 is 2.18 bits per heavy atom. The number of pyridine rings is 1. The summed E-state index contributed by atoms with van der Waals surface area (Å²) in [5.74, 6) is -0.154. The molecule has 118 valence electrons. The van der Waals surface area contributed by atoms with Crippen LogP contribution < -0.4 is 11.3 Å². The molecule has 1 unspecified atom stereocenters. The van der Waals surface area contributed by atoms with Crippen molar-refractivity contribution in [3.63, 3.8) is 0 Å². The summed E-state index contributed by atoms with van der Waals surface area (Å²) in [6.07, 6.45) is -0.143. The number of nitrogens with zero attached hydrogens (tertiary/aromatic N) is 1. The topological polar surface area (TPSA) is 88.4 Å².